The molecule has 286 valence electrons. The lowest BCUT2D eigenvalue weighted by molar-refractivity contribution is -0.151. The summed E-state index contributed by atoms with van der Waals surface area (Å²) in [5, 5.41) is 12.3. The molecule has 4 aliphatic heterocycles. The fraction of sp³-hybridized carbons (Fsp3) is 0.311. The predicted molar refractivity (Wildman–Crippen MR) is 216 cm³/mol. The molecular weight excluding hydrogens is 723 g/mol. The molecular formula is C45H45N3O7Si. The average Bonchev–Trinajstić information content (AvgIpc) is 3.75. The summed E-state index contributed by atoms with van der Waals surface area (Å²) in [5.41, 5.74) is 4.68. The van der Waals surface area contributed by atoms with E-state index in [-0.39, 0.29) is 43.3 Å². The van der Waals surface area contributed by atoms with Gasteiger partial charge in [-0.2, -0.15) is 0 Å². The van der Waals surface area contributed by atoms with Crippen molar-refractivity contribution in [3.05, 3.63) is 131 Å². The van der Waals surface area contributed by atoms with Crippen LogP contribution in [0.3, 0.4) is 0 Å². The van der Waals surface area contributed by atoms with Crippen LogP contribution in [0, 0.1) is 5.92 Å². The second-order valence-corrected chi connectivity index (χ2v) is 20.1. The molecule has 4 heterocycles. The normalized spacial score (nSPS) is 24.0. The largest absolute Gasteiger partial charge is 0.497 e. The van der Waals surface area contributed by atoms with Crippen molar-refractivity contribution in [1.29, 1.82) is 0 Å². The second kappa shape index (κ2) is 13.4. The van der Waals surface area contributed by atoms with Gasteiger partial charge in [0.05, 0.1) is 55.8 Å². The zero-order chi connectivity index (χ0) is 39.1. The molecule has 1 fully saturated rings. The fourth-order valence-corrected chi connectivity index (χ4v) is 12.5. The number of aliphatic hydroxyl groups excluding tert-OH is 1. The van der Waals surface area contributed by atoms with Crippen LogP contribution < -0.4 is 14.5 Å². The second-order valence-electron chi connectivity index (χ2n) is 16.2. The average molecular weight is 768 g/mol. The van der Waals surface area contributed by atoms with Crippen molar-refractivity contribution in [2.45, 2.75) is 69.2 Å². The zero-order valence-corrected chi connectivity index (χ0v) is 32.9. The number of fused-ring (bicyclic) bond motifs is 3. The Hall–Kier alpha value is -5.33. The van der Waals surface area contributed by atoms with Crippen molar-refractivity contribution in [3.8, 4) is 5.75 Å². The first-order valence-corrected chi connectivity index (χ1v) is 22.3. The first kappa shape index (κ1) is 36.3. The Labute approximate surface area is 327 Å². The van der Waals surface area contributed by atoms with Crippen LogP contribution in [0.25, 0.3) is 10.8 Å². The monoisotopic (exact) mass is 767 g/mol. The third-order valence-electron chi connectivity index (χ3n) is 12.5. The molecule has 1 spiro atoms. The molecule has 11 heteroatoms. The number of methoxy groups -OCH3 is 1. The van der Waals surface area contributed by atoms with Crippen LogP contribution in [0.2, 0.25) is 18.6 Å². The molecule has 9 rings (SSSR count). The van der Waals surface area contributed by atoms with Crippen LogP contribution in [0.15, 0.2) is 103 Å². The summed E-state index contributed by atoms with van der Waals surface area (Å²) < 4.78 is 12.7. The molecule has 2 N–H and O–H groups in total. The molecule has 0 aliphatic carbocycles. The van der Waals surface area contributed by atoms with Gasteiger partial charge >= 0.3 is 0 Å². The summed E-state index contributed by atoms with van der Waals surface area (Å²) in [6.45, 7) is 6.08. The van der Waals surface area contributed by atoms with Gasteiger partial charge in [-0.25, -0.2) is 0 Å². The molecule has 0 radical (unpaired) electrons. The number of aliphatic hydroxyl groups is 1. The molecule has 0 saturated carbocycles. The highest BCUT2D eigenvalue weighted by Crippen LogP contribution is 2.60. The quantitative estimate of drug-likeness (QED) is 0.166. The third-order valence-corrected chi connectivity index (χ3v) is 15.0. The smallest absolute Gasteiger partial charge is 0.264 e. The van der Waals surface area contributed by atoms with Crippen molar-refractivity contribution in [3.63, 3.8) is 0 Å². The molecule has 5 atom stereocenters. The van der Waals surface area contributed by atoms with E-state index < -0.39 is 31.5 Å². The van der Waals surface area contributed by atoms with Crippen molar-refractivity contribution >= 4 is 53.9 Å². The maximum Gasteiger partial charge on any atom is 0.264 e. The molecule has 0 aromatic heterocycles. The summed E-state index contributed by atoms with van der Waals surface area (Å²) >= 11 is 0. The van der Waals surface area contributed by atoms with Crippen LogP contribution in [0.4, 0.5) is 17.1 Å². The molecule has 56 heavy (non-hydrogen) atoms. The van der Waals surface area contributed by atoms with E-state index in [0.29, 0.717) is 35.5 Å². The van der Waals surface area contributed by atoms with Gasteiger partial charge < -0.3 is 29.2 Å². The Morgan fingerprint density at radius 3 is 2.38 bits per heavy atom. The minimum Gasteiger partial charge on any atom is -0.497 e. The number of hydrogen-bond acceptors (Lipinski definition) is 7. The summed E-state index contributed by atoms with van der Waals surface area (Å²) in [6.07, 6.45) is -0.226. The number of carbonyl (C=O) groups excluding carboxylic acids is 3. The Morgan fingerprint density at radius 2 is 1.66 bits per heavy atom. The molecule has 5 aromatic rings. The van der Waals surface area contributed by atoms with E-state index in [1.54, 1.807) is 21.8 Å². The molecule has 1 saturated heterocycles. The van der Waals surface area contributed by atoms with Crippen LogP contribution >= 0.6 is 0 Å². The molecule has 3 amide bonds. The molecule has 5 aromatic carbocycles. The Bertz CT molecular complexity index is 2410. The third kappa shape index (κ3) is 5.51. The van der Waals surface area contributed by atoms with Crippen molar-refractivity contribution in [2.24, 2.45) is 5.92 Å². The lowest BCUT2D eigenvalue weighted by atomic mass is 9.82. The number of anilines is 3. The Kier molecular flexibility index (Phi) is 8.69. The lowest BCUT2D eigenvalue weighted by Crippen LogP contribution is -2.48. The minimum absolute atomic E-state index is 0.0345. The lowest BCUT2D eigenvalue weighted by Gasteiger charge is -2.37. The molecule has 10 nitrogen and oxygen atoms in total. The topological polar surface area (TPSA) is 120 Å². The Morgan fingerprint density at radius 1 is 0.929 bits per heavy atom. The first-order valence-electron chi connectivity index (χ1n) is 19.3. The van der Waals surface area contributed by atoms with Gasteiger partial charge in [0.2, 0.25) is 5.91 Å². The predicted octanol–water partition coefficient (Wildman–Crippen LogP) is 6.82. The van der Waals surface area contributed by atoms with Gasteiger partial charge in [0.1, 0.15) is 5.75 Å². The zero-order valence-electron chi connectivity index (χ0n) is 31.9. The minimum atomic E-state index is -3.06. The van der Waals surface area contributed by atoms with Gasteiger partial charge in [-0.05, 0) is 84.1 Å². The fourth-order valence-electron chi connectivity index (χ4n) is 9.98. The number of ether oxygens (including phenoxy) is 2. The van der Waals surface area contributed by atoms with E-state index in [1.807, 2.05) is 123 Å². The van der Waals surface area contributed by atoms with Gasteiger partial charge in [0.15, 0.2) is 13.9 Å². The number of benzene rings is 5. The number of carbonyl (C=O) groups is 3. The van der Waals surface area contributed by atoms with Crippen LogP contribution in [0.1, 0.15) is 46.0 Å². The summed E-state index contributed by atoms with van der Waals surface area (Å²) in [6, 6.07) is 32.5. The molecule has 0 bridgehead atoms. The van der Waals surface area contributed by atoms with E-state index >= 15 is 4.79 Å². The highest BCUT2D eigenvalue weighted by molar-refractivity contribution is 6.71. The Balaban J connectivity index is 1.03. The van der Waals surface area contributed by atoms with E-state index in [0.717, 1.165) is 38.8 Å². The highest BCUT2D eigenvalue weighted by atomic mass is 28.4. The first-order chi connectivity index (χ1) is 26.9. The number of rotatable bonds is 8. The van der Waals surface area contributed by atoms with Gasteiger partial charge in [-0.15, -0.1) is 0 Å². The number of hydrogen-bond donors (Lipinski definition) is 2. The SMILES string of the molecule is COc1ccc2c(c1)[C@@]1(O[C@H](CC(=O)N3Cc4ccccc4C[C@H]3CO)[C@@H]([Si](C)(C)O)[C@@H]1C)C(=O)N2Cc1ccc(N2C(=O)c3cccc4cccc2c34)cc1. The van der Waals surface area contributed by atoms with E-state index in [1.165, 1.54) is 0 Å². The van der Waals surface area contributed by atoms with Crippen LogP contribution in [-0.4, -0.2) is 66.7 Å². The van der Waals surface area contributed by atoms with Gasteiger partial charge in [0, 0.05) is 34.6 Å². The van der Waals surface area contributed by atoms with Crippen molar-refractivity contribution in [1.82, 2.24) is 4.90 Å². The maximum absolute atomic E-state index is 15.1. The van der Waals surface area contributed by atoms with E-state index in [9.17, 15) is 19.5 Å². The van der Waals surface area contributed by atoms with Gasteiger partial charge in [-0.3, -0.25) is 19.3 Å². The van der Waals surface area contributed by atoms with Crippen LogP contribution in [-0.2, 0) is 39.4 Å². The maximum atomic E-state index is 15.1. The van der Waals surface area contributed by atoms with Gasteiger partial charge in [-0.1, -0.05) is 67.6 Å². The summed E-state index contributed by atoms with van der Waals surface area (Å²) in [7, 11) is -1.48. The van der Waals surface area contributed by atoms with Crippen LogP contribution in [0.5, 0.6) is 5.75 Å². The van der Waals surface area contributed by atoms with Crippen molar-refractivity contribution < 1.29 is 33.8 Å². The number of amides is 3. The van der Waals surface area contributed by atoms with E-state index in [4.69, 9.17) is 9.47 Å². The standard InChI is InChI=1S/C45H45N3O7Si/c1-27-42(56(3,4)53)39(23-40(50)46-25-31-10-6-5-9-30(31)21-33(46)26-49)55-45(27)36-22-34(54-2)19-20-37(36)47(44(45)52)24-28-15-17-32(18-16-28)48-38-14-8-12-29-11-7-13-35(41(29)38)43(48)51/h5-20,22,27,33,39,42,49,53H,21,23-26H2,1-4H3/t27-,33-,39+,42-,45+/m0/s1. The van der Waals surface area contributed by atoms with E-state index in [2.05, 4.69) is 0 Å². The summed E-state index contributed by atoms with van der Waals surface area (Å²) in [5.74, 6) is -0.420. The van der Waals surface area contributed by atoms with Crippen molar-refractivity contribution in [2.75, 3.05) is 23.5 Å². The molecule has 4 aliphatic rings. The summed E-state index contributed by atoms with van der Waals surface area (Å²) in [4.78, 5) is 60.0. The van der Waals surface area contributed by atoms with Gasteiger partial charge in [0.25, 0.3) is 11.8 Å². The molecule has 0 unspecified atom stereocenters. The highest BCUT2D eigenvalue weighted by Gasteiger charge is 2.66. The number of nitrogens with zero attached hydrogens (tertiary/aromatic N) is 3.